The van der Waals surface area contributed by atoms with Crippen LogP contribution in [0.25, 0.3) is 21.1 Å². The zero-order valence-corrected chi connectivity index (χ0v) is 28.5. The number of thiophene rings is 1. The molecule has 0 spiro atoms. The fourth-order valence-corrected chi connectivity index (χ4v) is 8.44. The molecule has 1 saturated heterocycles. The number of benzene rings is 1. The number of carbonyl (C=O) groups excluding carboxylic acids is 2. The van der Waals surface area contributed by atoms with Gasteiger partial charge in [0, 0.05) is 53.5 Å². The van der Waals surface area contributed by atoms with E-state index in [1.807, 2.05) is 6.07 Å². The van der Waals surface area contributed by atoms with Crippen molar-refractivity contribution in [3.8, 4) is 6.07 Å². The molecule has 2 atom stereocenters. The first kappa shape index (κ1) is 34.6. The normalized spacial score (nSPS) is 20.2. The van der Waals surface area contributed by atoms with Crippen LogP contribution in [0.5, 0.6) is 0 Å². The maximum atomic E-state index is 13.0. The number of alkyl halides is 3. The van der Waals surface area contributed by atoms with Crippen LogP contribution in [-0.4, -0.2) is 69.1 Å². The molecule has 2 amide bonds. The molecule has 4 heterocycles. The Morgan fingerprint density at radius 1 is 1.18 bits per heavy atom. The van der Waals surface area contributed by atoms with Crippen molar-refractivity contribution in [2.75, 3.05) is 25.0 Å². The summed E-state index contributed by atoms with van der Waals surface area (Å²) in [6.07, 6.45) is 1.98. The summed E-state index contributed by atoms with van der Waals surface area (Å²) in [5.41, 5.74) is 3.73. The molecule has 1 aliphatic heterocycles. The molecule has 49 heavy (non-hydrogen) atoms. The summed E-state index contributed by atoms with van der Waals surface area (Å²) in [6, 6.07) is 10.3. The van der Waals surface area contributed by atoms with Gasteiger partial charge in [-0.1, -0.05) is 13.0 Å². The summed E-state index contributed by atoms with van der Waals surface area (Å²) < 4.78 is 40.9. The predicted molar refractivity (Wildman–Crippen MR) is 183 cm³/mol. The van der Waals surface area contributed by atoms with E-state index < -0.39 is 12.6 Å². The van der Waals surface area contributed by atoms with Crippen molar-refractivity contribution in [1.29, 1.82) is 5.26 Å². The summed E-state index contributed by atoms with van der Waals surface area (Å²) in [4.78, 5) is 34.7. The number of piperidine rings is 1. The molecule has 6 rings (SSSR count). The largest absolute Gasteiger partial charge is 0.393 e. The number of hydrogen-bond acceptors (Lipinski definition) is 8. The fraction of sp³-hybridized carbons (Fsp3) is 0.514. The van der Waals surface area contributed by atoms with Gasteiger partial charge in [-0.2, -0.15) is 18.4 Å². The third kappa shape index (κ3) is 7.68. The molecule has 0 radical (unpaired) electrons. The molecule has 260 valence electrons. The average molecular weight is 695 g/mol. The molecule has 2 fully saturated rings. The third-order valence-electron chi connectivity index (χ3n) is 10.4. The van der Waals surface area contributed by atoms with Crippen molar-refractivity contribution in [2.24, 2.45) is 5.92 Å². The summed E-state index contributed by atoms with van der Waals surface area (Å²) in [5, 5.41) is 20.8. The van der Waals surface area contributed by atoms with Crippen LogP contribution in [0, 0.1) is 24.2 Å². The van der Waals surface area contributed by atoms with Gasteiger partial charge >= 0.3 is 6.18 Å². The van der Waals surface area contributed by atoms with Crippen molar-refractivity contribution in [2.45, 2.75) is 89.6 Å². The summed E-state index contributed by atoms with van der Waals surface area (Å²) in [5.74, 6) is 0.749. The first-order valence-electron chi connectivity index (χ1n) is 16.8. The highest BCUT2D eigenvalue weighted by Crippen LogP contribution is 2.42. The number of rotatable bonds is 13. The van der Waals surface area contributed by atoms with Crippen molar-refractivity contribution in [3.05, 3.63) is 52.3 Å². The van der Waals surface area contributed by atoms with Crippen LogP contribution in [0.1, 0.15) is 67.1 Å². The molecule has 1 saturated carbocycles. The number of halogens is 3. The molecule has 2 aliphatic rings. The topological polar surface area (TPSA) is 128 Å². The maximum Gasteiger partial charge on any atom is 0.393 e. The minimum absolute atomic E-state index is 0.0329. The van der Waals surface area contributed by atoms with E-state index in [0.29, 0.717) is 40.6 Å². The quantitative estimate of drug-likeness (QED) is 0.151. The minimum atomic E-state index is -4.27. The Hall–Kier alpha value is -4.22. The monoisotopic (exact) mass is 694 g/mol. The van der Waals surface area contributed by atoms with Gasteiger partial charge in [-0.15, -0.1) is 11.3 Å². The fourth-order valence-electron chi connectivity index (χ4n) is 7.41. The highest BCUT2D eigenvalue weighted by Gasteiger charge is 2.44. The van der Waals surface area contributed by atoms with E-state index in [0.717, 1.165) is 86.0 Å². The minimum Gasteiger partial charge on any atom is -0.367 e. The third-order valence-corrected chi connectivity index (χ3v) is 11.4. The SMILES string of the molecule is Cc1c(CN2CCC(Nc3ncnc4sc(CC(F)(F)F)cc34)CC2)ccc2c1cc(C#N)n2CCCC1(NC(=O)CNC=O)CC[C@@H]1C. The van der Waals surface area contributed by atoms with Gasteiger partial charge in [-0.05, 0) is 80.7 Å². The maximum absolute atomic E-state index is 13.0. The van der Waals surface area contributed by atoms with Gasteiger partial charge in [0.05, 0.1) is 18.4 Å². The molecular weight excluding hydrogens is 654 g/mol. The number of amides is 2. The van der Waals surface area contributed by atoms with Gasteiger partial charge in [0.2, 0.25) is 12.3 Å². The summed E-state index contributed by atoms with van der Waals surface area (Å²) in [6.45, 7) is 7.39. The highest BCUT2D eigenvalue weighted by atomic mass is 32.1. The Bertz CT molecular complexity index is 1870. The van der Waals surface area contributed by atoms with Crippen molar-refractivity contribution in [3.63, 3.8) is 0 Å². The molecule has 0 bridgehead atoms. The van der Waals surface area contributed by atoms with Gasteiger partial charge in [-0.3, -0.25) is 14.5 Å². The van der Waals surface area contributed by atoms with Crippen LogP contribution < -0.4 is 16.0 Å². The Labute approximate surface area is 287 Å². The Kier molecular flexibility index (Phi) is 10.1. The lowest BCUT2D eigenvalue weighted by Gasteiger charge is -2.49. The van der Waals surface area contributed by atoms with Crippen LogP contribution in [0.15, 0.2) is 30.6 Å². The number of carbonyl (C=O) groups is 2. The number of hydrogen-bond donors (Lipinski definition) is 3. The van der Waals surface area contributed by atoms with Crippen molar-refractivity contribution < 1.29 is 22.8 Å². The molecular formula is C35H41F3N8O2S. The molecule has 1 unspecified atom stereocenters. The van der Waals surface area contributed by atoms with Crippen LogP contribution in [0.3, 0.4) is 0 Å². The van der Waals surface area contributed by atoms with E-state index >= 15 is 0 Å². The van der Waals surface area contributed by atoms with Gasteiger partial charge in [0.25, 0.3) is 0 Å². The smallest absolute Gasteiger partial charge is 0.367 e. The number of aromatic nitrogens is 3. The number of likely N-dealkylation sites (tertiary alicyclic amines) is 1. The highest BCUT2D eigenvalue weighted by molar-refractivity contribution is 7.18. The van der Waals surface area contributed by atoms with Crippen molar-refractivity contribution in [1.82, 2.24) is 30.1 Å². The number of nitrogens with zero attached hydrogens (tertiary/aromatic N) is 5. The van der Waals surface area contributed by atoms with E-state index in [2.05, 4.69) is 67.4 Å². The Morgan fingerprint density at radius 2 is 1.98 bits per heavy atom. The lowest BCUT2D eigenvalue weighted by atomic mass is 9.65. The van der Waals surface area contributed by atoms with Crippen molar-refractivity contribution >= 4 is 50.6 Å². The van der Waals surface area contributed by atoms with Gasteiger partial charge in [0.15, 0.2) is 0 Å². The van der Waals surface area contributed by atoms with Gasteiger partial charge in [0.1, 0.15) is 28.7 Å². The first-order chi connectivity index (χ1) is 23.5. The van der Waals surface area contributed by atoms with Crippen LogP contribution in [0.2, 0.25) is 0 Å². The van der Waals surface area contributed by atoms with Gasteiger partial charge < -0.3 is 20.5 Å². The zero-order valence-electron chi connectivity index (χ0n) is 27.7. The lowest BCUT2D eigenvalue weighted by Crippen LogP contribution is -2.60. The molecule has 1 aromatic carbocycles. The van der Waals surface area contributed by atoms with Crippen LogP contribution in [0.4, 0.5) is 19.0 Å². The van der Waals surface area contributed by atoms with E-state index in [1.165, 1.54) is 11.9 Å². The number of nitriles is 1. The second kappa shape index (κ2) is 14.3. The predicted octanol–water partition coefficient (Wildman–Crippen LogP) is 5.82. The van der Waals surface area contributed by atoms with E-state index in [1.54, 1.807) is 6.07 Å². The number of anilines is 1. The number of aryl methyl sites for hydroxylation is 2. The van der Waals surface area contributed by atoms with Gasteiger partial charge in [-0.25, -0.2) is 9.97 Å². The molecule has 1 aliphatic carbocycles. The first-order valence-corrected chi connectivity index (χ1v) is 17.6. The van der Waals surface area contributed by atoms with E-state index in [9.17, 15) is 28.0 Å². The lowest BCUT2D eigenvalue weighted by molar-refractivity contribution is -0.127. The molecule has 14 heteroatoms. The Morgan fingerprint density at radius 3 is 2.65 bits per heavy atom. The Balaban J connectivity index is 1.07. The molecule has 3 aromatic heterocycles. The second-order valence-electron chi connectivity index (χ2n) is 13.5. The molecule has 4 aromatic rings. The number of nitrogens with one attached hydrogen (secondary N) is 3. The number of fused-ring (bicyclic) bond motifs is 2. The van der Waals surface area contributed by atoms with Crippen LogP contribution >= 0.6 is 11.3 Å². The van der Waals surface area contributed by atoms with Crippen LogP contribution in [-0.2, 0) is 29.1 Å². The molecule has 10 nitrogen and oxygen atoms in total. The molecule has 3 N–H and O–H groups in total. The van der Waals surface area contributed by atoms with E-state index in [4.69, 9.17) is 0 Å². The average Bonchev–Trinajstić information content (AvgIpc) is 3.65. The zero-order chi connectivity index (χ0) is 34.8. The summed E-state index contributed by atoms with van der Waals surface area (Å²) >= 11 is 1.06. The second-order valence-corrected chi connectivity index (χ2v) is 14.6. The van der Waals surface area contributed by atoms with E-state index in [-0.39, 0.29) is 28.9 Å². The standard InChI is InChI=1S/C35H41F3N8O2S/c1-22-6-10-34(22,44-31(48)18-40-21-47)9-3-11-46-26(17-39)14-28-23(2)24(4-5-30(28)46)19-45-12-7-25(8-13-45)43-32-29-15-27(16-35(36,37)38)49-33(29)42-20-41-32/h4-5,14-15,20-22,25H,3,6-13,16,18-19H2,1-2H3,(H,40,47)(H,44,48)(H,41,42,43)/t22-,34?/m0/s1. The summed E-state index contributed by atoms with van der Waals surface area (Å²) in [7, 11) is 0.